The number of allylic oxidation sites excluding steroid dienone is 8. The summed E-state index contributed by atoms with van der Waals surface area (Å²) in [4.78, 5) is 0. The quantitative estimate of drug-likeness (QED) is 0.183. The molecule has 0 radical (unpaired) electrons. The van der Waals surface area contributed by atoms with Crippen LogP contribution >= 0.6 is 0 Å². The molecule has 2 aliphatic rings. The van der Waals surface area contributed by atoms with Crippen LogP contribution in [0.2, 0.25) is 0 Å². The Morgan fingerprint density at radius 2 is 0.833 bits per heavy atom. The monoisotopic (exact) mass is 655 g/mol. The second kappa shape index (κ2) is 12.2. The third-order valence-corrected chi connectivity index (χ3v) is 9.63. The van der Waals surface area contributed by atoms with Crippen molar-refractivity contribution in [1.82, 2.24) is 0 Å². The van der Waals surface area contributed by atoms with Crippen molar-refractivity contribution in [1.29, 1.82) is 0 Å². The van der Waals surface area contributed by atoms with Gasteiger partial charge in [0.05, 0.1) is 11.1 Å². The third kappa shape index (κ3) is 5.36. The molecular formula is C41H28F3NO2S. The van der Waals surface area contributed by atoms with Crippen LogP contribution in [0.4, 0.5) is 13.2 Å². The fraction of sp³-hybridized carbons (Fsp3) is 0.0488. The molecule has 0 heterocycles. The second-order valence-corrected chi connectivity index (χ2v) is 13.1. The number of benzene rings is 5. The molecule has 0 unspecified atom stereocenters. The molecule has 0 bridgehead atoms. The molecule has 0 saturated carbocycles. The first-order valence-electron chi connectivity index (χ1n) is 15.3. The lowest BCUT2D eigenvalue weighted by atomic mass is 9.65. The molecule has 236 valence electrons. The third-order valence-electron chi connectivity index (χ3n) is 8.60. The molecule has 0 fully saturated rings. The van der Waals surface area contributed by atoms with Crippen LogP contribution in [0.1, 0.15) is 27.8 Å². The molecular weight excluding hydrogens is 628 g/mol. The van der Waals surface area contributed by atoms with Gasteiger partial charge in [-0.15, -0.1) is 0 Å². The lowest BCUT2D eigenvalue weighted by molar-refractivity contribution is -0.0435. The topological polar surface area (TPSA) is 46.5 Å². The standard InChI is InChI=1S/C41H28F3NO2S/c42-41(43,44)48(46,47)45-35-27-26-34(29-16-6-1-7-17-29)28-40(35)38(32-22-12-4-13-23-32)36(30-18-8-2-9-19-30)37(31-20-10-3-11-21-31)39(40)33-24-14-5-15-25-33/h1-28H/b45-35-. The number of sulfonamides is 1. The SMILES string of the molecule is O=S(=O)(/N=C1/C=CC(c2ccccc2)=CC12C(c1ccccc1)=C(c1ccccc1)C(c1ccccc1)=C2c1ccccc1)C(F)(F)F. The molecule has 0 aromatic heterocycles. The van der Waals surface area contributed by atoms with Gasteiger partial charge in [-0.3, -0.25) is 0 Å². The van der Waals surface area contributed by atoms with Crippen LogP contribution in [0.5, 0.6) is 0 Å². The molecule has 5 aromatic carbocycles. The fourth-order valence-electron chi connectivity index (χ4n) is 6.66. The molecule has 7 rings (SSSR count). The van der Waals surface area contributed by atoms with E-state index in [4.69, 9.17) is 0 Å². The van der Waals surface area contributed by atoms with Gasteiger partial charge < -0.3 is 0 Å². The first-order chi connectivity index (χ1) is 23.2. The molecule has 5 aromatic rings. The summed E-state index contributed by atoms with van der Waals surface area (Å²) >= 11 is 0. The summed E-state index contributed by atoms with van der Waals surface area (Å²) in [6.07, 6.45) is 4.95. The predicted molar refractivity (Wildman–Crippen MR) is 188 cm³/mol. The van der Waals surface area contributed by atoms with E-state index >= 15 is 0 Å². The van der Waals surface area contributed by atoms with Crippen LogP contribution in [0.15, 0.2) is 174 Å². The van der Waals surface area contributed by atoms with Crippen molar-refractivity contribution < 1.29 is 21.6 Å². The van der Waals surface area contributed by atoms with E-state index in [1.54, 1.807) is 6.08 Å². The van der Waals surface area contributed by atoms with E-state index in [9.17, 15) is 21.6 Å². The van der Waals surface area contributed by atoms with Crippen LogP contribution in [-0.2, 0) is 10.0 Å². The Balaban J connectivity index is 1.75. The average Bonchev–Trinajstić information content (AvgIpc) is 3.41. The molecule has 0 amide bonds. The van der Waals surface area contributed by atoms with Gasteiger partial charge in [-0.05, 0) is 61.8 Å². The highest BCUT2D eigenvalue weighted by Gasteiger charge is 2.54. The van der Waals surface area contributed by atoms with Gasteiger partial charge in [-0.2, -0.15) is 26.0 Å². The van der Waals surface area contributed by atoms with Crippen molar-refractivity contribution in [3.05, 3.63) is 198 Å². The van der Waals surface area contributed by atoms with Crippen molar-refractivity contribution in [2.75, 3.05) is 0 Å². The molecule has 0 saturated heterocycles. The van der Waals surface area contributed by atoms with E-state index in [2.05, 4.69) is 4.40 Å². The molecule has 3 nitrogen and oxygen atoms in total. The van der Waals surface area contributed by atoms with E-state index < -0.39 is 20.9 Å². The molecule has 7 heteroatoms. The summed E-state index contributed by atoms with van der Waals surface area (Å²) in [5, 5.41) is 0. The Kier molecular flexibility index (Phi) is 7.93. The molecule has 48 heavy (non-hydrogen) atoms. The van der Waals surface area contributed by atoms with Crippen LogP contribution in [0.3, 0.4) is 0 Å². The van der Waals surface area contributed by atoms with Crippen molar-refractivity contribution in [2.24, 2.45) is 9.81 Å². The van der Waals surface area contributed by atoms with Gasteiger partial charge in [0.15, 0.2) is 0 Å². The Bertz CT molecular complexity index is 2140. The van der Waals surface area contributed by atoms with Crippen molar-refractivity contribution in [3.8, 4) is 0 Å². The lowest BCUT2D eigenvalue weighted by Gasteiger charge is -2.37. The van der Waals surface area contributed by atoms with Crippen LogP contribution in [0.25, 0.3) is 27.9 Å². The predicted octanol–water partition coefficient (Wildman–Crippen LogP) is 10.2. The van der Waals surface area contributed by atoms with Gasteiger partial charge in [0, 0.05) is 0 Å². The lowest BCUT2D eigenvalue weighted by Crippen LogP contribution is -2.34. The average molecular weight is 656 g/mol. The van der Waals surface area contributed by atoms with E-state index in [0.717, 1.165) is 27.8 Å². The smallest absolute Gasteiger partial charge is 0.195 e. The highest BCUT2D eigenvalue weighted by Crippen LogP contribution is 2.64. The van der Waals surface area contributed by atoms with Crippen LogP contribution in [-0.4, -0.2) is 19.6 Å². The molecule has 0 aliphatic heterocycles. The maximum Gasteiger partial charge on any atom is 0.518 e. The van der Waals surface area contributed by atoms with E-state index in [0.29, 0.717) is 27.8 Å². The number of hydrogen-bond acceptors (Lipinski definition) is 2. The highest BCUT2D eigenvalue weighted by atomic mass is 32.2. The maximum absolute atomic E-state index is 14.2. The molecule has 1 spiro atoms. The Morgan fingerprint density at radius 3 is 1.21 bits per heavy atom. The zero-order valence-corrected chi connectivity index (χ0v) is 26.3. The summed E-state index contributed by atoms with van der Waals surface area (Å²) in [6.45, 7) is 0. The summed E-state index contributed by atoms with van der Waals surface area (Å²) in [5.41, 5.74) is -0.0532. The fourth-order valence-corrected chi connectivity index (χ4v) is 7.23. The second-order valence-electron chi connectivity index (χ2n) is 11.5. The summed E-state index contributed by atoms with van der Waals surface area (Å²) < 4.78 is 72.2. The summed E-state index contributed by atoms with van der Waals surface area (Å²) in [6, 6.07) is 47.6. The maximum atomic E-state index is 14.2. The van der Waals surface area contributed by atoms with Gasteiger partial charge in [-0.1, -0.05) is 164 Å². The Morgan fingerprint density at radius 1 is 0.479 bits per heavy atom. The Labute approximate surface area is 277 Å². The first kappa shape index (κ1) is 31.1. The minimum atomic E-state index is -5.96. The first-order valence-corrected chi connectivity index (χ1v) is 16.7. The number of nitrogens with zero attached hydrogens (tertiary/aromatic N) is 1. The van der Waals surface area contributed by atoms with E-state index in [1.165, 1.54) is 6.08 Å². The minimum absolute atomic E-state index is 0.253. The summed E-state index contributed by atoms with van der Waals surface area (Å²) in [5.74, 6) is 0. The van der Waals surface area contributed by atoms with Crippen molar-refractivity contribution >= 4 is 43.6 Å². The number of hydrogen-bond donors (Lipinski definition) is 0. The largest absolute Gasteiger partial charge is 0.518 e. The minimum Gasteiger partial charge on any atom is -0.195 e. The number of rotatable bonds is 6. The number of alkyl halides is 3. The normalized spacial score (nSPS) is 16.9. The van der Waals surface area contributed by atoms with Crippen molar-refractivity contribution in [3.63, 3.8) is 0 Å². The van der Waals surface area contributed by atoms with Crippen LogP contribution < -0.4 is 0 Å². The van der Waals surface area contributed by atoms with Gasteiger partial charge >= 0.3 is 15.5 Å². The molecule has 2 aliphatic carbocycles. The van der Waals surface area contributed by atoms with Gasteiger partial charge in [0.1, 0.15) is 0 Å². The van der Waals surface area contributed by atoms with E-state index in [-0.39, 0.29) is 5.71 Å². The van der Waals surface area contributed by atoms with Gasteiger partial charge in [0.2, 0.25) is 0 Å². The van der Waals surface area contributed by atoms with Gasteiger partial charge in [-0.25, -0.2) is 0 Å². The zero-order chi connectivity index (χ0) is 33.4. The molecule has 0 atom stereocenters. The van der Waals surface area contributed by atoms with E-state index in [1.807, 2.05) is 158 Å². The zero-order valence-electron chi connectivity index (χ0n) is 25.5. The van der Waals surface area contributed by atoms with Crippen LogP contribution in [0, 0.1) is 5.41 Å². The highest BCUT2D eigenvalue weighted by molar-refractivity contribution is 7.91. The summed E-state index contributed by atoms with van der Waals surface area (Å²) in [7, 11) is -5.96. The number of halogens is 3. The van der Waals surface area contributed by atoms with Gasteiger partial charge in [0.25, 0.3) is 0 Å². The van der Waals surface area contributed by atoms with Crippen molar-refractivity contribution in [2.45, 2.75) is 5.51 Å². The molecule has 0 N–H and O–H groups in total. The Hall–Kier alpha value is -5.53.